The highest BCUT2D eigenvalue weighted by Gasteiger charge is 2.19. The van der Waals surface area contributed by atoms with Crippen LogP contribution >= 0.6 is 0 Å². The summed E-state index contributed by atoms with van der Waals surface area (Å²) < 4.78 is 16.8. The van der Waals surface area contributed by atoms with Crippen LogP contribution in [0.2, 0.25) is 0 Å². The largest absolute Gasteiger partial charge is 0.462 e. The summed E-state index contributed by atoms with van der Waals surface area (Å²) in [6, 6.07) is 0. The van der Waals surface area contributed by atoms with Crippen molar-refractivity contribution in [3.63, 3.8) is 0 Å². The third-order valence-corrected chi connectivity index (χ3v) is 12.0. The number of hydrogen-bond acceptors (Lipinski definition) is 6. The van der Waals surface area contributed by atoms with E-state index in [0.29, 0.717) is 19.3 Å². The first-order chi connectivity index (χ1) is 34.0. The van der Waals surface area contributed by atoms with Crippen molar-refractivity contribution in [1.29, 1.82) is 0 Å². The molecule has 0 saturated carbocycles. The van der Waals surface area contributed by atoms with Gasteiger partial charge in [0.1, 0.15) is 13.2 Å². The summed E-state index contributed by atoms with van der Waals surface area (Å²) >= 11 is 0. The van der Waals surface area contributed by atoms with Gasteiger partial charge in [0.2, 0.25) is 0 Å². The van der Waals surface area contributed by atoms with Crippen LogP contribution in [-0.4, -0.2) is 37.2 Å². The number of unbranched alkanes of at least 4 members (excludes halogenated alkanes) is 24. The normalized spacial score (nSPS) is 12.8. The minimum absolute atomic E-state index is 0.0913. The molecule has 0 N–H and O–H groups in total. The van der Waals surface area contributed by atoms with E-state index in [2.05, 4.69) is 118 Å². The van der Waals surface area contributed by atoms with Crippen molar-refractivity contribution in [2.45, 2.75) is 271 Å². The number of rotatable bonds is 51. The van der Waals surface area contributed by atoms with Crippen LogP contribution in [0.1, 0.15) is 265 Å². The molecule has 0 aliphatic heterocycles. The predicted octanol–water partition coefficient (Wildman–Crippen LogP) is 19.3. The van der Waals surface area contributed by atoms with Gasteiger partial charge in [-0.25, -0.2) is 0 Å². The van der Waals surface area contributed by atoms with Gasteiger partial charge in [0, 0.05) is 19.3 Å². The zero-order valence-corrected chi connectivity index (χ0v) is 45.0. The topological polar surface area (TPSA) is 78.9 Å². The Morgan fingerprint density at radius 2 is 0.580 bits per heavy atom. The standard InChI is InChI=1S/C63H106O6/c1-4-7-10-13-16-19-22-25-28-29-30-31-32-33-34-35-36-39-41-44-47-50-53-56-62(65)68-59-60(69-63(66)57-54-51-48-45-42-38-27-24-21-18-15-12-9-6-3)58-67-61(64)55-52-49-46-43-40-37-26-23-20-17-14-11-8-5-2/h7,10,15-16,18-19,23-28,30-31,33-34,60H,4-6,8-9,11-14,17,20-22,29,32,35-59H2,1-3H3/b10-7-,18-15-,19-16-,26-23-,27-24-,28-25-,31-30-,34-33-. The lowest BCUT2D eigenvalue weighted by Gasteiger charge is -2.18. The zero-order chi connectivity index (χ0) is 50.0. The molecule has 69 heavy (non-hydrogen) atoms. The first-order valence-corrected chi connectivity index (χ1v) is 28.7. The summed E-state index contributed by atoms with van der Waals surface area (Å²) in [4.78, 5) is 38.1. The van der Waals surface area contributed by atoms with Gasteiger partial charge in [-0.3, -0.25) is 14.4 Å². The van der Waals surface area contributed by atoms with Crippen molar-refractivity contribution >= 4 is 17.9 Å². The van der Waals surface area contributed by atoms with E-state index in [1.807, 2.05) is 0 Å². The highest BCUT2D eigenvalue weighted by atomic mass is 16.6. The molecule has 0 spiro atoms. The van der Waals surface area contributed by atoms with Gasteiger partial charge in [0.15, 0.2) is 6.10 Å². The van der Waals surface area contributed by atoms with Crippen molar-refractivity contribution in [1.82, 2.24) is 0 Å². The van der Waals surface area contributed by atoms with E-state index >= 15 is 0 Å². The maximum atomic E-state index is 12.8. The van der Waals surface area contributed by atoms with Crippen molar-refractivity contribution in [3.8, 4) is 0 Å². The third-order valence-electron chi connectivity index (χ3n) is 12.0. The van der Waals surface area contributed by atoms with Gasteiger partial charge >= 0.3 is 17.9 Å². The molecule has 0 aromatic heterocycles. The number of hydrogen-bond donors (Lipinski definition) is 0. The summed E-state index contributed by atoms with van der Waals surface area (Å²) in [6.07, 6.45) is 75.3. The maximum absolute atomic E-state index is 12.8. The first-order valence-electron chi connectivity index (χ1n) is 28.7. The van der Waals surface area contributed by atoms with Crippen LogP contribution in [-0.2, 0) is 28.6 Å². The molecule has 0 bridgehead atoms. The maximum Gasteiger partial charge on any atom is 0.306 e. The molecule has 0 aliphatic rings. The molecular formula is C63H106O6. The van der Waals surface area contributed by atoms with E-state index in [-0.39, 0.29) is 31.1 Å². The Balaban J connectivity index is 4.39. The van der Waals surface area contributed by atoms with Crippen LogP contribution in [0.3, 0.4) is 0 Å². The van der Waals surface area contributed by atoms with Gasteiger partial charge in [-0.2, -0.15) is 0 Å². The fourth-order valence-corrected chi connectivity index (χ4v) is 7.71. The van der Waals surface area contributed by atoms with E-state index in [0.717, 1.165) is 128 Å². The second-order valence-corrected chi connectivity index (χ2v) is 18.8. The molecule has 6 nitrogen and oxygen atoms in total. The molecule has 0 heterocycles. The molecule has 0 amide bonds. The van der Waals surface area contributed by atoms with Crippen molar-refractivity contribution in [2.24, 2.45) is 0 Å². The quantitative estimate of drug-likeness (QED) is 0.0262. The van der Waals surface area contributed by atoms with E-state index in [9.17, 15) is 14.4 Å². The predicted molar refractivity (Wildman–Crippen MR) is 297 cm³/mol. The van der Waals surface area contributed by atoms with Crippen LogP contribution in [0.25, 0.3) is 0 Å². The molecule has 6 heteroatoms. The molecule has 0 radical (unpaired) electrons. The highest BCUT2D eigenvalue weighted by Crippen LogP contribution is 2.14. The van der Waals surface area contributed by atoms with E-state index in [1.54, 1.807) is 0 Å². The minimum atomic E-state index is -0.794. The number of esters is 3. The molecule has 0 fully saturated rings. The zero-order valence-electron chi connectivity index (χ0n) is 45.0. The smallest absolute Gasteiger partial charge is 0.306 e. The van der Waals surface area contributed by atoms with E-state index in [4.69, 9.17) is 14.2 Å². The van der Waals surface area contributed by atoms with Crippen molar-refractivity contribution in [3.05, 3.63) is 97.2 Å². The summed E-state index contributed by atoms with van der Waals surface area (Å²) in [6.45, 7) is 6.45. The molecule has 0 aromatic rings. The summed E-state index contributed by atoms with van der Waals surface area (Å²) in [5, 5.41) is 0. The molecule has 0 saturated heterocycles. The molecular weight excluding hydrogens is 853 g/mol. The number of allylic oxidation sites excluding steroid dienone is 16. The second-order valence-electron chi connectivity index (χ2n) is 18.8. The molecule has 1 atom stereocenters. The fraction of sp³-hybridized carbons (Fsp3) is 0.698. The fourth-order valence-electron chi connectivity index (χ4n) is 7.71. The molecule has 1 unspecified atom stereocenters. The van der Waals surface area contributed by atoms with Gasteiger partial charge in [0.05, 0.1) is 0 Å². The first kappa shape index (κ1) is 65.3. The van der Waals surface area contributed by atoms with Crippen LogP contribution in [0.4, 0.5) is 0 Å². The lowest BCUT2D eigenvalue weighted by Crippen LogP contribution is -2.30. The van der Waals surface area contributed by atoms with E-state index < -0.39 is 6.10 Å². The Hall–Kier alpha value is -3.67. The number of carbonyl (C=O) groups is 3. The van der Waals surface area contributed by atoms with Crippen LogP contribution in [0, 0.1) is 0 Å². The number of carbonyl (C=O) groups excluding carboxylic acids is 3. The average Bonchev–Trinajstić information content (AvgIpc) is 3.35. The van der Waals surface area contributed by atoms with Crippen molar-refractivity contribution in [2.75, 3.05) is 13.2 Å². The van der Waals surface area contributed by atoms with E-state index in [1.165, 1.54) is 96.3 Å². The Kier molecular flexibility index (Phi) is 53.9. The van der Waals surface area contributed by atoms with Crippen LogP contribution in [0.5, 0.6) is 0 Å². The summed E-state index contributed by atoms with van der Waals surface area (Å²) in [5.74, 6) is -0.922. The Morgan fingerprint density at radius 1 is 0.304 bits per heavy atom. The third kappa shape index (κ3) is 55.1. The van der Waals surface area contributed by atoms with Gasteiger partial charge < -0.3 is 14.2 Å². The summed E-state index contributed by atoms with van der Waals surface area (Å²) in [7, 11) is 0. The van der Waals surface area contributed by atoms with Gasteiger partial charge in [0.25, 0.3) is 0 Å². The number of ether oxygens (including phenoxy) is 3. The van der Waals surface area contributed by atoms with Crippen molar-refractivity contribution < 1.29 is 28.6 Å². The average molecular weight is 960 g/mol. The van der Waals surface area contributed by atoms with Crippen LogP contribution < -0.4 is 0 Å². The van der Waals surface area contributed by atoms with Gasteiger partial charge in [-0.05, 0) is 116 Å². The van der Waals surface area contributed by atoms with Crippen LogP contribution in [0.15, 0.2) is 97.2 Å². The Labute approximate surface area is 426 Å². The molecule has 0 rings (SSSR count). The Morgan fingerprint density at radius 3 is 0.942 bits per heavy atom. The minimum Gasteiger partial charge on any atom is -0.462 e. The lowest BCUT2D eigenvalue weighted by molar-refractivity contribution is -0.167. The molecule has 394 valence electrons. The van der Waals surface area contributed by atoms with Gasteiger partial charge in [-0.15, -0.1) is 0 Å². The SMILES string of the molecule is CC/C=C\C/C=C\C/C=C\C/C=C\C/C=C\CCCCCCCCCC(=O)OCC(COC(=O)CCCCCCC/C=C\CCCCCCC)OC(=O)CCCCCCC/C=C\C/C=C\CCCC. The summed E-state index contributed by atoms with van der Waals surface area (Å²) in [5.41, 5.74) is 0. The molecule has 0 aromatic carbocycles. The molecule has 0 aliphatic carbocycles. The van der Waals surface area contributed by atoms with Gasteiger partial charge in [-0.1, -0.05) is 227 Å². The monoisotopic (exact) mass is 959 g/mol. The second kappa shape index (κ2) is 56.9. The highest BCUT2D eigenvalue weighted by molar-refractivity contribution is 5.71. The Bertz CT molecular complexity index is 1380. The lowest BCUT2D eigenvalue weighted by atomic mass is 10.1.